The predicted molar refractivity (Wildman–Crippen MR) is 170 cm³/mol. The van der Waals surface area contributed by atoms with E-state index in [4.69, 9.17) is 10.2 Å². The Kier molecular flexibility index (Phi) is 8.76. The molecular weight excluding hydrogens is 559 g/mol. The molecule has 0 spiro atoms. The van der Waals surface area contributed by atoms with Gasteiger partial charge in [-0.25, -0.2) is 4.39 Å². The molecule has 0 radical (unpaired) electrons. The van der Waals surface area contributed by atoms with Crippen LogP contribution >= 0.6 is 0 Å². The number of nitrogens with one attached hydrogen (secondary N) is 2. The smallest absolute Gasteiger partial charge is 0.255 e. The Labute approximate surface area is 254 Å². The average Bonchev–Trinajstić information content (AvgIpc) is 3.42. The number of halogens is 1. The first-order valence-electron chi connectivity index (χ1n) is 14.3. The zero-order chi connectivity index (χ0) is 31.4. The second kappa shape index (κ2) is 12.8. The molecule has 0 aliphatic rings. The average molecular weight is 593 g/mol. The number of hydrogen-bond donors (Lipinski definition) is 3. The highest BCUT2D eigenvalue weighted by molar-refractivity contribution is 6.13. The van der Waals surface area contributed by atoms with Gasteiger partial charge >= 0.3 is 0 Å². The highest BCUT2D eigenvalue weighted by atomic mass is 19.1. The van der Waals surface area contributed by atoms with E-state index in [0.717, 1.165) is 16.8 Å². The molecule has 1 atom stereocenters. The number of benzene rings is 4. The molecule has 8 nitrogen and oxygen atoms in total. The molecule has 5 aromatic rings. The predicted octanol–water partition coefficient (Wildman–Crippen LogP) is 6.07. The molecule has 44 heavy (non-hydrogen) atoms. The number of primary amides is 1. The van der Waals surface area contributed by atoms with Gasteiger partial charge in [0, 0.05) is 54.0 Å². The lowest BCUT2D eigenvalue weighted by Gasteiger charge is -2.24. The molecular formula is C35H33FN4O4. The summed E-state index contributed by atoms with van der Waals surface area (Å²) < 4.78 is 20.0. The monoisotopic (exact) mass is 592 g/mol. The van der Waals surface area contributed by atoms with Crippen LogP contribution in [-0.4, -0.2) is 37.9 Å². The molecule has 224 valence electrons. The summed E-state index contributed by atoms with van der Waals surface area (Å²) in [6.45, 7) is 5.47. The summed E-state index contributed by atoms with van der Waals surface area (Å²) in [5, 5.41) is 6.02. The van der Waals surface area contributed by atoms with Crippen LogP contribution in [0.2, 0.25) is 0 Å². The molecule has 0 bridgehead atoms. The Hall–Kier alpha value is -5.44. The lowest BCUT2D eigenvalue weighted by Crippen LogP contribution is -2.37. The van der Waals surface area contributed by atoms with Gasteiger partial charge in [-0.3, -0.25) is 14.4 Å². The Morgan fingerprint density at radius 3 is 2.20 bits per heavy atom. The maximum atomic E-state index is 13.7. The summed E-state index contributed by atoms with van der Waals surface area (Å²) in [5.74, 6) is -1.55. The second-order valence-corrected chi connectivity index (χ2v) is 10.2. The molecule has 0 saturated heterocycles. The van der Waals surface area contributed by atoms with Gasteiger partial charge in [0.1, 0.15) is 23.2 Å². The Morgan fingerprint density at radius 2 is 1.57 bits per heavy atom. The fraction of sp³-hybridized carbons (Fsp3) is 0.171. The summed E-state index contributed by atoms with van der Waals surface area (Å²) in [6.07, 6.45) is 0. The minimum absolute atomic E-state index is 0.322. The third-order valence-electron chi connectivity index (χ3n) is 7.60. The van der Waals surface area contributed by atoms with Gasteiger partial charge in [0.15, 0.2) is 0 Å². The summed E-state index contributed by atoms with van der Waals surface area (Å²) in [6, 6.07) is 24.4. The van der Waals surface area contributed by atoms with E-state index in [0.29, 0.717) is 52.1 Å². The number of nitrogens with zero attached hydrogens (tertiary/aromatic N) is 1. The zero-order valence-corrected chi connectivity index (χ0v) is 24.7. The first-order chi connectivity index (χ1) is 21.2. The molecule has 9 heteroatoms. The van der Waals surface area contributed by atoms with Gasteiger partial charge in [-0.2, -0.15) is 0 Å². The Bertz CT molecular complexity index is 1830. The van der Waals surface area contributed by atoms with E-state index in [2.05, 4.69) is 15.5 Å². The summed E-state index contributed by atoms with van der Waals surface area (Å²) in [7, 11) is 1.54. The van der Waals surface area contributed by atoms with E-state index in [9.17, 15) is 18.8 Å². The number of carbonyl (C=O) groups is 3. The van der Waals surface area contributed by atoms with Gasteiger partial charge in [0.05, 0.1) is 5.56 Å². The molecule has 0 fully saturated rings. The molecule has 0 aliphatic carbocycles. The SMILES string of the molecule is CCN(CC)c1cc2oc(-c3ccc(F)cc3)c(C(=O)NC)c2cc1-c1cccc(C(=O)NC(C(N)=O)c2ccccc2)c1. The molecule has 1 aromatic heterocycles. The standard InChI is InChI=1S/C35H33FN4O4/c1-4-40(5-2)28-20-29-27(30(35(43)38-3)32(44-29)22-14-16-25(36)17-15-22)19-26(28)23-12-9-13-24(18-23)34(42)39-31(33(37)41)21-10-7-6-8-11-21/h6-20,31H,4-5H2,1-3H3,(H2,37,41)(H,38,43)(H,39,42). The number of nitrogens with two attached hydrogens (primary N) is 1. The normalized spacial score (nSPS) is 11.6. The van der Waals surface area contributed by atoms with Crippen molar-refractivity contribution < 1.29 is 23.2 Å². The van der Waals surface area contributed by atoms with Crippen LogP contribution in [0.1, 0.15) is 46.2 Å². The number of hydrogen-bond acceptors (Lipinski definition) is 5. The molecule has 0 aliphatic heterocycles. The van der Waals surface area contributed by atoms with E-state index < -0.39 is 23.7 Å². The molecule has 3 amide bonds. The van der Waals surface area contributed by atoms with Gasteiger partial charge in [0.2, 0.25) is 5.91 Å². The topological polar surface area (TPSA) is 118 Å². The largest absolute Gasteiger partial charge is 0.455 e. The number of amides is 3. The summed E-state index contributed by atoms with van der Waals surface area (Å²) in [5.41, 5.74) is 10.3. The molecule has 4 N–H and O–H groups in total. The van der Waals surface area contributed by atoms with Crippen molar-refractivity contribution in [2.24, 2.45) is 5.73 Å². The second-order valence-electron chi connectivity index (χ2n) is 10.2. The van der Waals surface area contributed by atoms with Crippen molar-refractivity contribution in [1.29, 1.82) is 0 Å². The first kappa shape index (κ1) is 30.0. The van der Waals surface area contributed by atoms with Gasteiger partial charge in [-0.15, -0.1) is 0 Å². The van der Waals surface area contributed by atoms with E-state index in [1.807, 2.05) is 38.1 Å². The van der Waals surface area contributed by atoms with E-state index in [-0.39, 0.29) is 5.91 Å². The quantitative estimate of drug-likeness (QED) is 0.182. The fourth-order valence-corrected chi connectivity index (χ4v) is 5.35. The molecule has 4 aromatic carbocycles. The van der Waals surface area contributed by atoms with Gasteiger partial charge in [0.25, 0.3) is 11.8 Å². The van der Waals surface area contributed by atoms with Crippen molar-refractivity contribution >= 4 is 34.4 Å². The minimum atomic E-state index is -0.999. The van der Waals surface area contributed by atoms with Gasteiger partial charge in [-0.1, -0.05) is 42.5 Å². The number of rotatable bonds is 10. The molecule has 1 unspecified atom stereocenters. The molecule has 1 heterocycles. The third kappa shape index (κ3) is 5.89. The number of furan rings is 1. The minimum Gasteiger partial charge on any atom is -0.455 e. The van der Waals surface area contributed by atoms with Crippen molar-refractivity contribution in [3.05, 3.63) is 114 Å². The van der Waals surface area contributed by atoms with Crippen molar-refractivity contribution in [2.75, 3.05) is 25.0 Å². The fourth-order valence-electron chi connectivity index (χ4n) is 5.35. The van der Waals surface area contributed by atoms with Crippen LogP contribution in [-0.2, 0) is 4.79 Å². The van der Waals surface area contributed by atoms with Crippen molar-refractivity contribution in [2.45, 2.75) is 19.9 Å². The van der Waals surface area contributed by atoms with Gasteiger partial charge < -0.3 is 25.7 Å². The maximum Gasteiger partial charge on any atom is 0.255 e. The maximum absolute atomic E-state index is 13.7. The van der Waals surface area contributed by atoms with Crippen LogP contribution in [0.4, 0.5) is 10.1 Å². The van der Waals surface area contributed by atoms with Crippen LogP contribution in [0, 0.1) is 5.82 Å². The molecule has 0 saturated carbocycles. The van der Waals surface area contributed by atoms with Crippen LogP contribution in [0.15, 0.2) is 95.4 Å². The van der Waals surface area contributed by atoms with Crippen LogP contribution in [0.25, 0.3) is 33.4 Å². The van der Waals surface area contributed by atoms with Crippen molar-refractivity contribution in [1.82, 2.24) is 10.6 Å². The zero-order valence-electron chi connectivity index (χ0n) is 24.7. The van der Waals surface area contributed by atoms with Crippen molar-refractivity contribution in [3.8, 4) is 22.5 Å². The summed E-state index contributed by atoms with van der Waals surface area (Å²) in [4.78, 5) is 41.0. The van der Waals surface area contributed by atoms with Crippen LogP contribution < -0.4 is 21.3 Å². The lowest BCUT2D eigenvalue weighted by atomic mass is 9.96. The summed E-state index contributed by atoms with van der Waals surface area (Å²) >= 11 is 0. The lowest BCUT2D eigenvalue weighted by molar-refractivity contribution is -0.120. The number of fused-ring (bicyclic) bond motifs is 1. The highest BCUT2D eigenvalue weighted by Gasteiger charge is 2.25. The van der Waals surface area contributed by atoms with Crippen LogP contribution in [0.3, 0.4) is 0 Å². The first-order valence-corrected chi connectivity index (χ1v) is 14.3. The highest BCUT2D eigenvalue weighted by Crippen LogP contribution is 2.41. The molecule has 5 rings (SSSR count). The number of carbonyl (C=O) groups excluding carboxylic acids is 3. The third-order valence-corrected chi connectivity index (χ3v) is 7.60. The van der Waals surface area contributed by atoms with Crippen molar-refractivity contribution in [3.63, 3.8) is 0 Å². The Balaban J connectivity index is 1.64. The van der Waals surface area contributed by atoms with Gasteiger partial charge in [-0.05, 0) is 67.4 Å². The van der Waals surface area contributed by atoms with Crippen LogP contribution in [0.5, 0.6) is 0 Å². The number of anilines is 1. The van der Waals surface area contributed by atoms with E-state index in [1.54, 1.807) is 54.6 Å². The van der Waals surface area contributed by atoms with E-state index in [1.165, 1.54) is 19.2 Å². The van der Waals surface area contributed by atoms with E-state index >= 15 is 0 Å². The Morgan fingerprint density at radius 1 is 0.864 bits per heavy atom.